The van der Waals surface area contributed by atoms with Crippen LogP contribution in [0.5, 0.6) is 0 Å². The smallest absolute Gasteiger partial charge is 0.0412 e. The van der Waals surface area contributed by atoms with Crippen LogP contribution in [0.3, 0.4) is 0 Å². The minimum absolute atomic E-state index is 0.569. The lowest BCUT2D eigenvalue weighted by Gasteiger charge is -2.23. The molecule has 1 atom stereocenters. The first-order valence-corrected chi connectivity index (χ1v) is 5.89. The van der Waals surface area contributed by atoms with E-state index in [1.807, 2.05) is 11.8 Å². The molecule has 0 amide bonds. The van der Waals surface area contributed by atoms with E-state index in [2.05, 4.69) is 36.5 Å². The van der Waals surface area contributed by atoms with Gasteiger partial charge in [-0.05, 0) is 12.5 Å². The van der Waals surface area contributed by atoms with E-state index >= 15 is 0 Å². The molecule has 0 unspecified atom stereocenters. The quantitative estimate of drug-likeness (QED) is 0.735. The highest BCUT2D eigenvalue weighted by Crippen LogP contribution is 2.21. The molecule has 13 heavy (non-hydrogen) atoms. The van der Waals surface area contributed by atoms with Crippen LogP contribution in [0, 0.1) is 6.92 Å². The first kappa shape index (κ1) is 9.10. The molecule has 1 aliphatic heterocycles. The van der Waals surface area contributed by atoms with Crippen LogP contribution < -0.4 is 5.32 Å². The predicted octanol–water partition coefficient (Wildman–Crippen LogP) is 2.37. The number of benzene rings is 1. The normalized spacial score (nSPS) is 23.0. The Hall–Kier alpha value is -0.470. The molecule has 0 radical (unpaired) electrons. The lowest BCUT2D eigenvalue weighted by Crippen LogP contribution is -2.30. The molecule has 1 fully saturated rings. The monoisotopic (exact) mass is 193 g/mol. The van der Waals surface area contributed by atoms with E-state index in [0.717, 1.165) is 6.54 Å². The zero-order valence-electron chi connectivity index (χ0n) is 7.92. The molecule has 2 heteroatoms. The molecule has 0 bridgehead atoms. The second-order valence-electron chi connectivity index (χ2n) is 3.49. The van der Waals surface area contributed by atoms with Crippen LogP contribution in [0.15, 0.2) is 24.3 Å². The van der Waals surface area contributed by atoms with Gasteiger partial charge in [0.1, 0.15) is 0 Å². The van der Waals surface area contributed by atoms with Gasteiger partial charge in [-0.25, -0.2) is 0 Å². The molecule has 0 aliphatic carbocycles. The van der Waals surface area contributed by atoms with E-state index < -0.39 is 0 Å². The minimum atomic E-state index is 0.569. The summed E-state index contributed by atoms with van der Waals surface area (Å²) in [6.45, 7) is 3.27. The molecule has 1 aromatic rings. The van der Waals surface area contributed by atoms with Crippen LogP contribution >= 0.6 is 11.8 Å². The molecule has 2 rings (SSSR count). The highest BCUT2D eigenvalue weighted by atomic mass is 32.2. The Morgan fingerprint density at radius 3 is 2.69 bits per heavy atom. The van der Waals surface area contributed by atoms with Gasteiger partial charge in [0.2, 0.25) is 0 Å². The van der Waals surface area contributed by atoms with Gasteiger partial charge >= 0.3 is 0 Å². The van der Waals surface area contributed by atoms with E-state index in [-0.39, 0.29) is 0 Å². The molecule has 0 saturated carbocycles. The average molecular weight is 193 g/mol. The number of thioether (sulfide) groups is 1. The summed E-state index contributed by atoms with van der Waals surface area (Å²) in [5.74, 6) is 2.46. The molecule has 1 heterocycles. The van der Waals surface area contributed by atoms with E-state index in [4.69, 9.17) is 0 Å². The summed E-state index contributed by atoms with van der Waals surface area (Å²) < 4.78 is 0. The van der Waals surface area contributed by atoms with E-state index in [1.165, 1.54) is 22.6 Å². The summed E-state index contributed by atoms with van der Waals surface area (Å²) in [5.41, 5.74) is 2.77. The van der Waals surface area contributed by atoms with Crippen LogP contribution in [-0.2, 0) is 0 Å². The summed E-state index contributed by atoms with van der Waals surface area (Å²) in [5, 5.41) is 3.53. The SMILES string of the molecule is Cc1ccc([C@@H]2CSCCN2)cc1. The number of nitrogens with one attached hydrogen (secondary N) is 1. The van der Waals surface area contributed by atoms with Gasteiger partial charge < -0.3 is 5.32 Å². The van der Waals surface area contributed by atoms with Gasteiger partial charge in [0.15, 0.2) is 0 Å². The first-order valence-electron chi connectivity index (χ1n) is 4.74. The van der Waals surface area contributed by atoms with Crippen LogP contribution in [0.25, 0.3) is 0 Å². The molecule has 1 N–H and O–H groups in total. The van der Waals surface area contributed by atoms with Crippen molar-refractivity contribution >= 4 is 11.8 Å². The molecule has 1 nitrogen and oxygen atoms in total. The summed E-state index contributed by atoms with van der Waals surface area (Å²) in [7, 11) is 0. The Labute approximate surface area is 83.9 Å². The third-order valence-electron chi connectivity index (χ3n) is 2.40. The van der Waals surface area contributed by atoms with Gasteiger partial charge in [-0.2, -0.15) is 11.8 Å². The lowest BCUT2D eigenvalue weighted by atomic mass is 10.1. The van der Waals surface area contributed by atoms with Crippen molar-refractivity contribution in [1.82, 2.24) is 5.32 Å². The fraction of sp³-hybridized carbons (Fsp3) is 0.455. The Balaban J connectivity index is 2.10. The highest BCUT2D eigenvalue weighted by molar-refractivity contribution is 7.99. The molecule has 0 spiro atoms. The second kappa shape index (κ2) is 4.16. The van der Waals surface area contributed by atoms with Crippen molar-refractivity contribution in [3.8, 4) is 0 Å². The topological polar surface area (TPSA) is 12.0 Å². The summed E-state index contributed by atoms with van der Waals surface area (Å²) in [4.78, 5) is 0. The standard InChI is InChI=1S/C11H15NS/c1-9-2-4-10(5-3-9)11-8-13-7-6-12-11/h2-5,11-12H,6-8H2,1H3/t11-/m0/s1. The van der Waals surface area contributed by atoms with Crippen molar-refractivity contribution in [3.63, 3.8) is 0 Å². The molecule has 1 saturated heterocycles. The fourth-order valence-corrected chi connectivity index (χ4v) is 2.55. The lowest BCUT2D eigenvalue weighted by molar-refractivity contribution is 0.595. The summed E-state index contributed by atoms with van der Waals surface area (Å²) in [6, 6.07) is 9.42. The third-order valence-corrected chi connectivity index (χ3v) is 3.46. The molecule has 1 aliphatic rings. The van der Waals surface area contributed by atoms with Crippen molar-refractivity contribution in [2.75, 3.05) is 18.1 Å². The number of hydrogen-bond donors (Lipinski definition) is 1. The van der Waals surface area contributed by atoms with E-state index in [0.29, 0.717) is 6.04 Å². The Morgan fingerprint density at radius 1 is 1.31 bits per heavy atom. The maximum Gasteiger partial charge on any atom is 0.0412 e. The zero-order valence-corrected chi connectivity index (χ0v) is 8.73. The van der Waals surface area contributed by atoms with Crippen molar-refractivity contribution in [1.29, 1.82) is 0 Å². The molecular formula is C11H15NS. The molecule has 1 aromatic carbocycles. The van der Waals surface area contributed by atoms with Gasteiger partial charge in [-0.1, -0.05) is 29.8 Å². The molecule has 0 aromatic heterocycles. The third kappa shape index (κ3) is 2.26. The van der Waals surface area contributed by atoms with Crippen molar-refractivity contribution in [2.45, 2.75) is 13.0 Å². The van der Waals surface area contributed by atoms with E-state index in [1.54, 1.807) is 0 Å². The van der Waals surface area contributed by atoms with Crippen LogP contribution in [0.4, 0.5) is 0 Å². The minimum Gasteiger partial charge on any atom is -0.308 e. The van der Waals surface area contributed by atoms with Gasteiger partial charge in [-0.3, -0.25) is 0 Å². The van der Waals surface area contributed by atoms with E-state index in [9.17, 15) is 0 Å². The summed E-state index contributed by atoms with van der Waals surface area (Å²) >= 11 is 2.04. The van der Waals surface area contributed by atoms with Crippen LogP contribution in [0.2, 0.25) is 0 Å². The average Bonchev–Trinajstić information content (AvgIpc) is 2.20. The maximum absolute atomic E-state index is 3.53. The Kier molecular flexibility index (Phi) is 2.91. The molecular weight excluding hydrogens is 178 g/mol. The maximum atomic E-state index is 3.53. The number of rotatable bonds is 1. The molecule has 70 valence electrons. The Morgan fingerprint density at radius 2 is 2.08 bits per heavy atom. The fourth-order valence-electron chi connectivity index (χ4n) is 1.58. The van der Waals surface area contributed by atoms with Crippen LogP contribution in [-0.4, -0.2) is 18.1 Å². The summed E-state index contributed by atoms with van der Waals surface area (Å²) in [6.07, 6.45) is 0. The van der Waals surface area contributed by atoms with Gasteiger partial charge in [0, 0.05) is 24.1 Å². The zero-order chi connectivity index (χ0) is 9.10. The second-order valence-corrected chi connectivity index (χ2v) is 4.64. The van der Waals surface area contributed by atoms with Gasteiger partial charge in [-0.15, -0.1) is 0 Å². The van der Waals surface area contributed by atoms with Crippen LogP contribution in [0.1, 0.15) is 17.2 Å². The first-order chi connectivity index (χ1) is 6.36. The largest absolute Gasteiger partial charge is 0.308 e. The van der Waals surface area contributed by atoms with Crippen molar-refractivity contribution < 1.29 is 0 Å². The Bertz CT molecular complexity index is 262. The highest BCUT2D eigenvalue weighted by Gasteiger charge is 2.13. The number of aryl methyl sites for hydroxylation is 1. The van der Waals surface area contributed by atoms with Gasteiger partial charge in [0.25, 0.3) is 0 Å². The number of hydrogen-bond acceptors (Lipinski definition) is 2. The predicted molar refractivity (Wildman–Crippen MR) is 59.2 cm³/mol. The van der Waals surface area contributed by atoms with Crippen molar-refractivity contribution in [3.05, 3.63) is 35.4 Å². The van der Waals surface area contributed by atoms with Crippen molar-refractivity contribution in [2.24, 2.45) is 0 Å². The van der Waals surface area contributed by atoms with Gasteiger partial charge in [0.05, 0.1) is 0 Å².